The van der Waals surface area contributed by atoms with Gasteiger partial charge in [-0.15, -0.1) is 0 Å². The van der Waals surface area contributed by atoms with E-state index in [1.54, 1.807) is 0 Å². The van der Waals surface area contributed by atoms with Crippen molar-refractivity contribution in [2.45, 2.75) is 96.8 Å². The van der Waals surface area contributed by atoms with Crippen molar-refractivity contribution in [3.05, 3.63) is 12.2 Å². The molecule has 0 aromatic carbocycles. The second kappa shape index (κ2) is 29.2. The molecule has 0 heterocycles. The maximum absolute atomic E-state index is 9.40. The average molecular weight is 436 g/mol. The molecule has 0 aromatic rings. The van der Waals surface area contributed by atoms with Gasteiger partial charge in [0.05, 0.1) is 6.61 Å². The molecule has 0 amide bonds. The van der Waals surface area contributed by atoms with Crippen molar-refractivity contribution >= 4 is 16.5 Å². The van der Waals surface area contributed by atoms with Crippen molar-refractivity contribution in [1.29, 1.82) is 0 Å². The Morgan fingerprint density at radius 1 is 0.815 bits per heavy atom. The van der Waals surface area contributed by atoms with Gasteiger partial charge in [-0.25, -0.2) is 0 Å². The first kappa shape index (κ1) is 32.7. The molecule has 0 aliphatic heterocycles. The van der Waals surface area contributed by atoms with Gasteiger partial charge in [-0.3, -0.25) is 8.88 Å². The summed E-state index contributed by atoms with van der Waals surface area (Å²) in [6.45, 7) is 2.47. The van der Waals surface area contributed by atoms with E-state index in [1.807, 2.05) is 6.08 Å². The Hall–Kier alpha value is 1.04. The Balaban J connectivity index is -0.000000612. The number of unbranched alkanes of at least 4 members (excludes halogenated alkanes) is 13. The molecule has 0 spiro atoms. The third-order valence-electron chi connectivity index (χ3n) is 3.92. The van der Waals surface area contributed by atoms with E-state index < -0.39 is 16.5 Å². The van der Waals surface area contributed by atoms with Gasteiger partial charge in [0.15, 0.2) is 0 Å². The summed E-state index contributed by atoms with van der Waals surface area (Å²) in [5.41, 5.74) is 0. The molecule has 27 heavy (non-hydrogen) atoms. The molecule has 0 bridgehead atoms. The van der Waals surface area contributed by atoms with Gasteiger partial charge in [0.1, 0.15) is 8.25 Å². The Morgan fingerprint density at radius 3 is 1.52 bits per heavy atom. The van der Waals surface area contributed by atoms with Gasteiger partial charge < -0.3 is 19.5 Å². The topological polar surface area (TPSA) is 107 Å². The minimum absolute atomic E-state index is 0. The summed E-state index contributed by atoms with van der Waals surface area (Å²) in [5, 5.41) is 8.58. The Labute approximate surface area is 189 Å². The molecule has 0 rings (SSSR count). The van der Waals surface area contributed by atoms with E-state index in [4.69, 9.17) is 10.00 Å². The number of hydrogen-bond donors (Lipinski definition) is 2. The van der Waals surface area contributed by atoms with Crippen LogP contribution in [0.2, 0.25) is 0 Å². The Morgan fingerprint density at radius 2 is 1.22 bits per heavy atom. The smallest absolute Gasteiger partial charge is 0.781 e. The molecule has 0 aromatic heterocycles. The molecule has 0 fully saturated rings. The average Bonchev–Trinajstić information content (AvgIpc) is 2.58. The fourth-order valence-electron chi connectivity index (χ4n) is 2.54. The van der Waals surface area contributed by atoms with Gasteiger partial charge in [-0.1, -0.05) is 96.1 Å². The zero-order valence-corrected chi connectivity index (χ0v) is 21.3. The fraction of sp³-hybridized carbons (Fsp3) is 0.889. The molecule has 2 atom stereocenters. The van der Waals surface area contributed by atoms with Crippen LogP contribution >= 0.6 is 16.5 Å². The maximum Gasteiger partial charge on any atom is 1.00 e. The van der Waals surface area contributed by atoms with Crippen LogP contribution in [0.25, 0.3) is 0 Å². The molecule has 0 aliphatic rings. The number of aliphatic hydroxyl groups excluding tert-OH is 1. The van der Waals surface area contributed by atoms with Crippen LogP contribution in [0, 0.1) is 0 Å². The van der Waals surface area contributed by atoms with Crippen molar-refractivity contribution in [3.8, 4) is 0 Å². The van der Waals surface area contributed by atoms with Crippen molar-refractivity contribution < 1.29 is 57.9 Å². The monoisotopic (exact) mass is 436 g/mol. The first-order valence-electron chi connectivity index (χ1n) is 9.92. The first-order chi connectivity index (χ1) is 12.5. The largest absolute Gasteiger partial charge is 1.00 e. The molecule has 0 saturated heterocycles. The van der Waals surface area contributed by atoms with Gasteiger partial charge in [-0.05, 0) is 12.8 Å². The first-order valence-corrected chi connectivity index (χ1v) is 12.4. The summed E-state index contributed by atoms with van der Waals surface area (Å²) >= 11 is 0. The zero-order valence-electron chi connectivity index (χ0n) is 17.3. The van der Waals surface area contributed by atoms with E-state index in [0.717, 1.165) is 6.42 Å². The number of aliphatic hydroxyl groups is 1. The third kappa shape index (κ3) is 38.3. The fourth-order valence-corrected chi connectivity index (χ4v) is 3.11. The number of rotatable bonds is 17. The minimum Gasteiger partial charge on any atom is -0.781 e. The normalized spacial score (nSPS) is 12.9. The van der Waals surface area contributed by atoms with E-state index >= 15 is 0 Å². The summed E-state index contributed by atoms with van der Waals surface area (Å²) < 4.78 is 22.1. The van der Waals surface area contributed by atoms with E-state index in [0.29, 0.717) is 0 Å². The van der Waals surface area contributed by atoms with Gasteiger partial charge in [0.25, 0.3) is 0 Å². The van der Waals surface area contributed by atoms with E-state index in [9.17, 15) is 14.0 Å². The summed E-state index contributed by atoms with van der Waals surface area (Å²) in [6, 6.07) is 0. The predicted molar refractivity (Wildman–Crippen MR) is 108 cm³/mol. The molecule has 6 nitrogen and oxygen atoms in total. The van der Waals surface area contributed by atoms with Crippen molar-refractivity contribution in [3.63, 3.8) is 0 Å². The van der Waals surface area contributed by atoms with Crippen LogP contribution in [-0.2, 0) is 13.4 Å². The molecule has 9 heteroatoms. The van der Waals surface area contributed by atoms with Crippen LogP contribution in [0.15, 0.2) is 12.2 Å². The summed E-state index contributed by atoms with van der Waals surface area (Å²) in [4.78, 5) is 17.0. The SMILES string of the molecule is CCCCCCCCCCCCCCCC=CCO.O=[PH]([O-])O[PH](=O)O.[Na+]. The molecule has 0 saturated carbocycles. The van der Waals surface area contributed by atoms with Crippen LogP contribution in [0.5, 0.6) is 0 Å². The molecule has 0 radical (unpaired) electrons. The molecular weight excluding hydrogens is 397 g/mol. The second-order valence-corrected chi connectivity index (χ2v) is 8.15. The summed E-state index contributed by atoms with van der Waals surface area (Å²) in [7, 11) is -6.72. The summed E-state index contributed by atoms with van der Waals surface area (Å²) in [5.74, 6) is 0. The van der Waals surface area contributed by atoms with Gasteiger partial charge in [0, 0.05) is 0 Å². The van der Waals surface area contributed by atoms with Crippen LogP contribution < -0.4 is 34.5 Å². The molecule has 158 valence electrons. The van der Waals surface area contributed by atoms with Crippen molar-refractivity contribution in [2.75, 3.05) is 6.61 Å². The quantitative estimate of drug-likeness (QED) is 0.157. The predicted octanol–water partition coefficient (Wildman–Crippen LogP) is 2.16. The standard InChI is InChI=1S/C18H36O.Na.H4O5P2/c1-2-3-4-5-6-7-8-9-10-11-12-13-14-15-16-17-18-19;;1-6(2)5-7(3)4/h16-17,19H,2-15,18H2,1H3;;6-7H,(H,1,2)(H,3,4)/q;+1;/p-1. The maximum atomic E-state index is 9.40. The van der Waals surface area contributed by atoms with Gasteiger partial charge in [-0.2, -0.15) is 0 Å². The molecule has 2 N–H and O–H groups in total. The van der Waals surface area contributed by atoms with Crippen LogP contribution in [-0.4, -0.2) is 16.6 Å². The van der Waals surface area contributed by atoms with Crippen LogP contribution in [0.3, 0.4) is 0 Å². The van der Waals surface area contributed by atoms with E-state index in [-0.39, 0.29) is 36.2 Å². The number of hydrogen-bond acceptors (Lipinski definition) is 5. The Kier molecular flexibility index (Phi) is 35.4. The third-order valence-corrected chi connectivity index (χ3v) is 5.28. The van der Waals surface area contributed by atoms with Crippen LogP contribution in [0.1, 0.15) is 96.8 Å². The second-order valence-electron chi connectivity index (χ2n) is 6.30. The minimum atomic E-state index is -3.45. The van der Waals surface area contributed by atoms with Crippen molar-refractivity contribution in [1.82, 2.24) is 0 Å². The van der Waals surface area contributed by atoms with Gasteiger partial charge >= 0.3 is 37.8 Å². The molecule has 2 unspecified atom stereocenters. The number of allylic oxidation sites excluding steroid dienone is 1. The van der Waals surface area contributed by atoms with Crippen LogP contribution in [0.4, 0.5) is 0 Å². The van der Waals surface area contributed by atoms with E-state index in [1.165, 1.54) is 83.5 Å². The zero-order chi connectivity index (χ0) is 19.9. The molecule has 0 aliphatic carbocycles. The molecular formula is C18H39NaO6P2. The summed E-state index contributed by atoms with van der Waals surface area (Å²) in [6.07, 6.45) is 23.4. The Bertz CT molecular complexity index is 345. The van der Waals surface area contributed by atoms with Crippen molar-refractivity contribution in [2.24, 2.45) is 0 Å². The van der Waals surface area contributed by atoms with E-state index in [2.05, 4.69) is 17.3 Å². The van der Waals surface area contributed by atoms with Gasteiger partial charge in [0.2, 0.25) is 0 Å².